The first-order valence-electron chi connectivity index (χ1n) is 5.94. The molecule has 0 bridgehead atoms. The van der Waals surface area contributed by atoms with Gasteiger partial charge in [-0.25, -0.2) is 4.39 Å². The van der Waals surface area contributed by atoms with Crippen molar-refractivity contribution in [2.24, 2.45) is 0 Å². The normalized spacial score (nSPS) is 13.7. The molecule has 0 spiro atoms. The fourth-order valence-electron chi connectivity index (χ4n) is 1.86. The lowest BCUT2D eigenvalue weighted by Gasteiger charge is -2.18. The Morgan fingerprint density at radius 2 is 1.94 bits per heavy atom. The summed E-state index contributed by atoms with van der Waals surface area (Å²) in [6.07, 6.45) is -2.05. The average molecular weight is 263 g/mol. The van der Waals surface area contributed by atoms with E-state index >= 15 is 0 Å². The van der Waals surface area contributed by atoms with Crippen LogP contribution in [0.4, 0.5) is 17.6 Å². The van der Waals surface area contributed by atoms with Crippen LogP contribution in [0.3, 0.4) is 0 Å². The summed E-state index contributed by atoms with van der Waals surface area (Å²) in [6.45, 7) is 2.01. The molecule has 102 valence electrons. The number of alkyl halides is 3. The fourth-order valence-corrected chi connectivity index (χ4v) is 1.86. The van der Waals surface area contributed by atoms with E-state index in [-0.39, 0.29) is 6.04 Å². The Hall–Kier alpha value is -1.10. The third-order valence-electron chi connectivity index (χ3n) is 2.89. The van der Waals surface area contributed by atoms with Gasteiger partial charge in [0.2, 0.25) is 0 Å². The summed E-state index contributed by atoms with van der Waals surface area (Å²) < 4.78 is 50.9. The highest BCUT2D eigenvalue weighted by molar-refractivity contribution is 5.29. The number of nitrogens with one attached hydrogen (secondary N) is 1. The summed E-state index contributed by atoms with van der Waals surface area (Å²) >= 11 is 0. The topological polar surface area (TPSA) is 12.0 Å². The van der Waals surface area contributed by atoms with E-state index in [9.17, 15) is 17.6 Å². The number of benzene rings is 1. The maximum absolute atomic E-state index is 13.1. The Labute approximate surface area is 104 Å². The second-order valence-corrected chi connectivity index (χ2v) is 4.22. The standard InChI is InChI=1S/C13H17F4N/c1-3-4-5-12(18-2)9-6-7-11(14)10(8-9)13(15,16)17/h6-8,12,18H,3-5H2,1-2H3. The monoisotopic (exact) mass is 263 g/mol. The summed E-state index contributed by atoms with van der Waals surface area (Å²) in [7, 11) is 1.69. The van der Waals surface area contributed by atoms with Crippen molar-refractivity contribution in [1.29, 1.82) is 0 Å². The van der Waals surface area contributed by atoms with Crippen LogP contribution in [0, 0.1) is 5.82 Å². The zero-order chi connectivity index (χ0) is 13.8. The van der Waals surface area contributed by atoms with Crippen LogP contribution in [0.15, 0.2) is 18.2 Å². The van der Waals surface area contributed by atoms with E-state index in [1.807, 2.05) is 6.92 Å². The molecule has 0 heterocycles. The van der Waals surface area contributed by atoms with E-state index in [1.165, 1.54) is 6.07 Å². The molecule has 0 saturated heterocycles. The highest BCUT2D eigenvalue weighted by atomic mass is 19.4. The largest absolute Gasteiger partial charge is 0.419 e. The van der Waals surface area contributed by atoms with Gasteiger partial charge in [0.1, 0.15) is 5.82 Å². The van der Waals surface area contributed by atoms with Crippen molar-refractivity contribution in [2.45, 2.75) is 38.4 Å². The van der Waals surface area contributed by atoms with Crippen molar-refractivity contribution < 1.29 is 17.6 Å². The Kier molecular flexibility index (Phi) is 5.14. The summed E-state index contributed by atoms with van der Waals surface area (Å²) in [5.41, 5.74) is -0.726. The molecule has 1 rings (SSSR count). The van der Waals surface area contributed by atoms with E-state index in [2.05, 4.69) is 5.32 Å². The fraction of sp³-hybridized carbons (Fsp3) is 0.538. The van der Waals surface area contributed by atoms with Crippen molar-refractivity contribution in [3.05, 3.63) is 35.1 Å². The minimum absolute atomic E-state index is 0.174. The predicted octanol–water partition coefficient (Wildman–Crippen LogP) is 4.30. The molecule has 0 aliphatic rings. The second-order valence-electron chi connectivity index (χ2n) is 4.22. The van der Waals surface area contributed by atoms with Gasteiger partial charge in [0.25, 0.3) is 0 Å². The zero-order valence-corrected chi connectivity index (χ0v) is 10.4. The molecule has 5 heteroatoms. The number of unbranched alkanes of at least 4 members (excludes halogenated alkanes) is 1. The van der Waals surface area contributed by atoms with Crippen molar-refractivity contribution >= 4 is 0 Å². The maximum Gasteiger partial charge on any atom is 0.419 e. The van der Waals surface area contributed by atoms with Gasteiger partial charge in [-0.1, -0.05) is 25.8 Å². The third kappa shape index (κ3) is 3.70. The van der Waals surface area contributed by atoms with Gasteiger partial charge in [-0.15, -0.1) is 0 Å². The van der Waals surface area contributed by atoms with Gasteiger partial charge in [-0.3, -0.25) is 0 Å². The number of rotatable bonds is 5. The first-order valence-corrected chi connectivity index (χ1v) is 5.94. The summed E-state index contributed by atoms with van der Waals surface area (Å²) in [5.74, 6) is -1.23. The van der Waals surface area contributed by atoms with Crippen LogP contribution in [0.2, 0.25) is 0 Å². The summed E-state index contributed by atoms with van der Waals surface area (Å²) in [4.78, 5) is 0. The molecule has 0 radical (unpaired) electrons. The van der Waals surface area contributed by atoms with Crippen molar-refractivity contribution in [3.8, 4) is 0 Å². The Balaban J connectivity index is 3.02. The van der Waals surface area contributed by atoms with E-state index in [1.54, 1.807) is 7.05 Å². The molecule has 0 amide bonds. The number of hydrogen-bond acceptors (Lipinski definition) is 1. The molecular weight excluding hydrogens is 246 g/mol. The lowest BCUT2D eigenvalue weighted by molar-refractivity contribution is -0.140. The predicted molar refractivity (Wildman–Crippen MR) is 62.7 cm³/mol. The quantitative estimate of drug-likeness (QED) is 0.781. The van der Waals surface area contributed by atoms with Gasteiger partial charge < -0.3 is 5.32 Å². The van der Waals surface area contributed by atoms with Crippen LogP contribution in [-0.2, 0) is 6.18 Å². The first kappa shape index (κ1) is 15.0. The van der Waals surface area contributed by atoms with Gasteiger partial charge in [-0.2, -0.15) is 13.2 Å². The lowest BCUT2D eigenvalue weighted by atomic mass is 9.99. The number of hydrogen-bond donors (Lipinski definition) is 1. The van der Waals surface area contributed by atoms with E-state index in [0.717, 1.165) is 31.4 Å². The smallest absolute Gasteiger partial charge is 0.313 e. The molecule has 0 aliphatic heterocycles. The van der Waals surface area contributed by atoms with Crippen LogP contribution < -0.4 is 5.32 Å². The van der Waals surface area contributed by atoms with E-state index in [4.69, 9.17) is 0 Å². The molecule has 1 nitrogen and oxygen atoms in total. The minimum atomic E-state index is -4.65. The summed E-state index contributed by atoms with van der Waals surface area (Å²) in [6, 6.07) is 3.01. The highest BCUT2D eigenvalue weighted by Gasteiger charge is 2.34. The SMILES string of the molecule is CCCCC(NC)c1ccc(F)c(C(F)(F)F)c1. The van der Waals surface area contributed by atoms with E-state index < -0.39 is 17.6 Å². The van der Waals surface area contributed by atoms with Crippen molar-refractivity contribution in [2.75, 3.05) is 7.05 Å². The molecule has 0 saturated carbocycles. The average Bonchev–Trinajstić information content (AvgIpc) is 2.30. The highest BCUT2D eigenvalue weighted by Crippen LogP contribution is 2.33. The Morgan fingerprint density at radius 3 is 2.44 bits per heavy atom. The molecule has 0 aliphatic carbocycles. The third-order valence-corrected chi connectivity index (χ3v) is 2.89. The molecular formula is C13H17F4N. The molecule has 0 fully saturated rings. The van der Waals surface area contributed by atoms with Gasteiger partial charge in [-0.05, 0) is 31.2 Å². The number of halogens is 4. The molecule has 18 heavy (non-hydrogen) atoms. The molecule has 1 atom stereocenters. The van der Waals surface area contributed by atoms with Crippen LogP contribution in [0.5, 0.6) is 0 Å². The van der Waals surface area contributed by atoms with Gasteiger partial charge >= 0.3 is 6.18 Å². The molecule has 1 aromatic rings. The van der Waals surface area contributed by atoms with Crippen LogP contribution in [-0.4, -0.2) is 7.05 Å². The molecule has 1 N–H and O–H groups in total. The molecule has 1 aromatic carbocycles. The van der Waals surface area contributed by atoms with E-state index in [0.29, 0.717) is 5.56 Å². The Bertz CT molecular complexity index is 387. The van der Waals surface area contributed by atoms with Crippen molar-refractivity contribution in [3.63, 3.8) is 0 Å². The lowest BCUT2D eigenvalue weighted by Crippen LogP contribution is -2.18. The van der Waals surface area contributed by atoms with Gasteiger partial charge in [0.05, 0.1) is 5.56 Å². The van der Waals surface area contributed by atoms with Gasteiger partial charge in [0, 0.05) is 6.04 Å². The molecule has 0 aromatic heterocycles. The molecule has 1 unspecified atom stereocenters. The second kappa shape index (κ2) is 6.18. The van der Waals surface area contributed by atoms with Gasteiger partial charge in [0.15, 0.2) is 0 Å². The summed E-state index contributed by atoms with van der Waals surface area (Å²) in [5, 5.41) is 2.96. The van der Waals surface area contributed by atoms with Crippen LogP contribution in [0.1, 0.15) is 43.4 Å². The van der Waals surface area contributed by atoms with Crippen LogP contribution >= 0.6 is 0 Å². The zero-order valence-electron chi connectivity index (χ0n) is 10.4. The van der Waals surface area contributed by atoms with Crippen LogP contribution in [0.25, 0.3) is 0 Å². The van der Waals surface area contributed by atoms with Crippen molar-refractivity contribution in [1.82, 2.24) is 5.32 Å². The Morgan fingerprint density at radius 1 is 1.28 bits per heavy atom. The first-order chi connectivity index (χ1) is 8.40. The minimum Gasteiger partial charge on any atom is -0.313 e. The maximum atomic E-state index is 13.1.